The van der Waals surface area contributed by atoms with E-state index in [0.29, 0.717) is 5.56 Å². The highest BCUT2D eigenvalue weighted by molar-refractivity contribution is 7.59. The third kappa shape index (κ3) is 5.47. The van der Waals surface area contributed by atoms with Crippen LogP contribution in [-0.4, -0.2) is 37.3 Å². The maximum atomic E-state index is 11.8. The number of carbonyl (C=O) groups excluding carboxylic acids is 1. The van der Waals surface area contributed by atoms with Crippen LogP contribution in [0.2, 0.25) is 0 Å². The number of nitrogens with one attached hydrogen (secondary N) is 2. The highest BCUT2D eigenvalue weighted by Gasteiger charge is 2.43. The van der Waals surface area contributed by atoms with Crippen molar-refractivity contribution >= 4 is 19.7 Å². The molecule has 23 heavy (non-hydrogen) atoms. The number of nitro groups is 1. The molecule has 1 rings (SSSR count). The zero-order chi connectivity index (χ0) is 17.5. The van der Waals surface area contributed by atoms with Gasteiger partial charge in [-0.2, -0.15) is 13.6 Å². The molecule has 0 saturated heterocycles. The molecule has 0 spiro atoms. The molecule has 0 radical (unpaired) electrons. The summed E-state index contributed by atoms with van der Waals surface area (Å²) in [6.45, 7) is 0. The van der Waals surface area contributed by atoms with Crippen LogP contribution in [0.1, 0.15) is 18.1 Å². The zero-order valence-corrected chi connectivity index (χ0v) is 13.8. The standard InChI is InChI=1S/C12H18N3O7P/c1-20-23(21-2,22-3)14-13-12(17)8-11(16)9-4-6-10(7-5-9)15(18)19/h4-7,11,14,16H,8H2,1-3H3/p+1. The molecule has 3 N–H and O–H groups in total. The second-order valence-electron chi connectivity index (χ2n) is 4.27. The van der Waals surface area contributed by atoms with E-state index < -0.39 is 25.0 Å². The van der Waals surface area contributed by atoms with Gasteiger partial charge in [0.05, 0.1) is 38.8 Å². The van der Waals surface area contributed by atoms with Gasteiger partial charge >= 0.3 is 8.09 Å². The minimum Gasteiger partial charge on any atom is -0.388 e. The Balaban J connectivity index is 2.58. The Morgan fingerprint density at radius 1 is 1.26 bits per heavy atom. The summed E-state index contributed by atoms with van der Waals surface area (Å²) in [5.41, 5.74) is 2.61. The lowest BCUT2D eigenvalue weighted by atomic mass is 10.1. The molecular formula is C12H19N3O7P+. The molecule has 0 aromatic heterocycles. The fourth-order valence-electron chi connectivity index (χ4n) is 1.65. The topological polar surface area (TPSA) is 132 Å². The number of hydrazine groups is 1. The Labute approximate surface area is 133 Å². The molecule has 0 bridgehead atoms. The first kappa shape index (κ1) is 19.4. The molecule has 1 atom stereocenters. The molecule has 1 amide bonds. The number of rotatable bonds is 9. The molecule has 1 aromatic rings. The Morgan fingerprint density at radius 2 is 1.78 bits per heavy atom. The number of hydrogen-bond acceptors (Lipinski definition) is 8. The third-order valence-corrected chi connectivity index (χ3v) is 4.75. The van der Waals surface area contributed by atoms with Gasteiger partial charge in [-0.25, -0.2) is 0 Å². The Morgan fingerprint density at radius 3 is 2.22 bits per heavy atom. The van der Waals surface area contributed by atoms with Gasteiger partial charge in [0.2, 0.25) is 5.91 Å². The molecule has 0 aliphatic rings. The second-order valence-corrected chi connectivity index (χ2v) is 6.59. The predicted octanol–water partition coefficient (Wildman–Crippen LogP) is 1.26. The molecule has 10 nitrogen and oxygen atoms in total. The lowest BCUT2D eigenvalue weighted by molar-refractivity contribution is -0.384. The van der Waals surface area contributed by atoms with Crippen molar-refractivity contribution < 1.29 is 28.4 Å². The molecule has 1 unspecified atom stereocenters. The molecule has 0 aliphatic carbocycles. The number of aliphatic hydroxyl groups excluding tert-OH is 1. The lowest BCUT2D eigenvalue weighted by Gasteiger charge is -2.17. The van der Waals surface area contributed by atoms with E-state index in [4.69, 9.17) is 13.6 Å². The number of benzene rings is 1. The molecule has 0 fully saturated rings. The molecule has 11 heteroatoms. The lowest BCUT2D eigenvalue weighted by Crippen LogP contribution is -2.39. The molecule has 1 aromatic carbocycles. The van der Waals surface area contributed by atoms with Gasteiger partial charge < -0.3 is 5.11 Å². The first-order valence-electron chi connectivity index (χ1n) is 6.42. The van der Waals surface area contributed by atoms with Crippen molar-refractivity contribution in [1.82, 2.24) is 10.6 Å². The summed E-state index contributed by atoms with van der Waals surface area (Å²) in [6.07, 6.45) is -1.37. The molecule has 0 saturated carbocycles. The fourth-order valence-corrected chi connectivity index (χ4v) is 2.64. The van der Waals surface area contributed by atoms with Gasteiger partial charge in [0.15, 0.2) is 0 Å². The normalized spacial score (nSPS) is 12.7. The number of aliphatic hydroxyl groups is 1. The van der Waals surface area contributed by atoms with Crippen LogP contribution in [-0.2, 0) is 18.4 Å². The summed E-state index contributed by atoms with van der Waals surface area (Å²) in [5.74, 6) is -0.536. The summed E-state index contributed by atoms with van der Waals surface area (Å²) in [7, 11) is 1.19. The van der Waals surface area contributed by atoms with E-state index in [1.165, 1.54) is 45.6 Å². The van der Waals surface area contributed by atoms with E-state index in [2.05, 4.69) is 10.6 Å². The summed E-state index contributed by atoms with van der Waals surface area (Å²) in [6, 6.07) is 5.29. The summed E-state index contributed by atoms with van der Waals surface area (Å²) in [4.78, 5) is 21.8. The van der Waals surface area contributed by atoms with Crippen molar-refractivity contribution in [3.63, 3.8) is 0 Å². The van der Waals surface area contributed by atoms with E-state index >= 15 is 0 Å². The van der Waals surface area contributed by atoms with E-state index in [1.807, 2.05) is 0 Å². The van der Waals surface area contributed by atoms with Crippen LogP contribution in [0.15, 0.2) is 24.3 Å². The van der Waals surface area contributed by atoms with Crippen molar-refractivity contribution in [3.8, 4) is 0 Å². The molecule has 0 heterocycles. The number of amides is 1. The van der Waals surface area contributed by atoms with Gasteiger partial charge in [0.25, 0.3) is 5.69 Å². The minimum absolute atomic E-state index is 0.0954. The van der Waals surface area contributed by atoms with E-state index in [0.717, 1.165) is 0 Å². The van der Waals surface area contributed by atoms with Crippen molar-refractivity contribution in [2.24, 2.45) is 0 Å². The third-order valence-electron chi connectivity index (χ3n) is 2.92. The van der Waals surface area contributed by atoms with Crippen LogP contribution < -0.4 is 10.6 Å². The number of nitro benzene ring substituents is 1. The van der Waals surface area contributed by atoms with Crippen LogP contribution in [0, 0.1) is 10.1 Å². The average Bonchev–Trinajstić information content (AvgIpc) is 2.56. The van der Waals surface area contributed by atoms with Gasteiger partial charge in [0, 0.05) is 12.1 Å². The zero-order valence-electron chi connectivity index (χ0n) is 12.9. The molecule has 0 aliphatic heterocycles. The first-order chi connectivity index (χ1) is 10.9. The van der Waals surface area contributed by atoms with Crippen molar-refractivity contribution in [1.29, 1.82) is 0 Å². The average molecular weight is 348 g/mol. The molecular weight excluding hydrogens is 329 g/mol. The van der Waals surface area contributed by atoms with Crippen LogP contribution in [0.3, 0.4) is 0 Å². The maximum absolute atomic E-state index is 11.8. The Kier molecular flexibility index (Phi) is 7.43. The van der Waals surface area contributed by atoms with Crippen molar-refractivity contribution in [2.45, 2.75) is 12.5 Å². The highest BCUT2D eigenvalue weighted by atomic mass is 31.2. The van der Waals surface area contributed by atoms with Crippen molar-refractivity contribution in [2.75, 3.05) is 21.3 Å². The minimum atomic E-state index is -2.86. The van der Waals surface area contributed by atoms with Gasteiger partial charge in [-0.15, -0.1) is 0 Å². The van der Waals surface area contributed by atoms with Gasteiger partial charge in [-0.1, -0.05) is 0 Å². The van der Waals surface area contributed by atoms with Crippen LogP contribution in [0.4, 0.5) is 5.69 Å². The fraction of sp³-hybridized carbons (Fsp3) is 0.417. The largest absolute Gasteiger partial charge is 0.520 e. The summed E-state index contributed by atoms with van der Waals surface area (Å²) < 4.78 is 15.1. The number of nitrogens with zero attached hydrogens (tertiary/aromatic N) is 1. The van der Waals surface area contributed by atoms with Crippen LogP contribution in [0.25, 0.3) is 0 Å². The number of hydrogen-bond donors (Lipinski definition) is 3. The van der Waals surface area contributed by atoms with E-state index in [-0.39, 0.29) is 12.1 Å². The van der Waals surface area contributed by atoms with Crippen LogP contribution >= 0.6 is 8.09 Å². The second kappa shape index (κ2) is 8.82. The quantitative estimate of drug-likeness (QED) is 0.345. The van der Waals surface area contributed by atoms with Crippen LogP contribution in [0.5, 0.6) is 0 Å². The molecule has 128 valence electrons. The number of non-ortho nitro benzene ring substituents is 1. The number of carbonyl (C=O) groups is 1. The summed E-state index contributed by atoms with van der Waals surface area (Å²) >= 11 is 0. The Hall–Kier alpha value is -1.68. The van der Waals surface area contributed by atoms with E-state index in [9.17, 15) is 20.0 Å². The Bertz CT molecular complexity index is 528. The van der Waals surface area contributed by atoms with E-state index in [1.54, 1.807) is 0 Å². The van der Waals surface area contributed by atoms with Crippen molar-refractivity contribution in [3.05, 3.63) is 39.9 Å². The monoisotopic (exact) mass is 348 g/mol. The maximum Gasteiger partial charge on any atom is 0.520 e. The highest BCUT2D eigenvalue weighted by Crippen LogP contribution is 2.55. The summed E-state index contributed by atoms with van der Waals surface area (Å²) in [5, 5.41) is 23.0. The smallest absolute Gasteiger partial charge is 0.388 e. The van der Waals surface area contributed by atoms with Gasteiger partial charge in [0.1, 0.15) is 0 Å². The first-order valence-corrected chi connectivity index (χ1v) is 7.96. The predicted molar refractivity (Wildman–Crippen MR) is 81.9 cm³/mol. The SMILES string of the molecule is CO[P+](NNC(=O)CC(O)c1ccc([N+](=O)[O-])cc1)(OC)OC. The van der Waals surface area contributed by atoms with Gasteiger partial charge in [-0.3, -0.25) is 20.3 Å². The van der Waals surface area contributed by atoms with Gasteiger partial charge in [-0.05, 0) is 22.9 Å².